The van der Waals surface area contributed by atoms with Crippen LogP contribution in [0.1, 0.15) is 36.0 Å². The predicted molar refractivity (Wildman–Crippen MR) is 102 cm³/mol. The lowest BCUT2D eigenvalue weighted by Gasteiger charge is -2.24. The molecule has 26 heavy (non-hydrogen) atoms. The van der Waals surface area contributed by atoms with E-state index in [4.69, 9.17) is 0 Å². The van der Waals surface area contributed by atoms with Gasteiger partial charge in [0.1, 0.15) is 17.5 Å². The Morgan fingerprint density at radius 1 is 1.15 bits per heavy atom. The van der Waals surface area contributed by atoms with E-state index >= 15 is 0 Å². The van der Waals surface area contributed by atoms with Crippen molar-refractivity contribution in [2.45, 2.75) is 32.4 Å². The fraction of sp³-hybridized carbons (Fsp3) is 0.350. The van der Waals surface area contributed by atoms with E-state index in [1.807, 2.05) is 43.7 Å². The molecule has 0 unspecified atom stereocenters. The summed E-state index contributed by atoms with van der Waals surface area (Å²) in [6.07, 6.45) is 8.12. The monoisotopic (exact) mass is 348 g/mol. The quantitative estimate of drug-likeness (QED) is 0.763. The Bertz CT molecular complexity index is 887. The van der Waals surface area contributed by atoms with Crippen LogP contribution in [0.15, 0.2) is 48.9 Å². The molecule has 1 N–H and O–H groups in total. The van der Waals surface area contributed by atoms with Crippen molar-refractivity contribution in [2.24, 2.45) is 7.05 Å². The predicted octanol–water partition coefficient (Wildman–Crippen LogP) is 3.60. The zero-order valence-corrected chi connectivity index (χ0v) is 15.3. The summed E-state index contributed by atoms with van der Waals surface area (Å²) in [6.45, 7) is 3.96. The number of likely N-dealkylation sites (tertiary alicyclic amines) is 1. The molecule has 0 saturated carbocycles. The van der Waals surface area contributed by atoms with E-state index in [1.165, 1.54) is 12.0 Å². The molecular formula is C20H24N6. The Morgan fingerprint density at radius 3 is 2.88 bits per heavy atom. The molecule has 4 heterocycles. The van der Waals surface area contributed by atoms with Crippen LogP contribution in [0.4, 0.5) is 11.6 Å². The Balaban J connectivity index is 1.52. The van der Waals surface area contributed by atoms with Gasteiger partial charge in [0.15, 0.2) is 0 Å². The summed E-state index contributed by atoms with van der Waals surface area (Å²) in [4.78, 5) is 15.9. The fourth-order valence-corrected chi connectivity index (χ4v) is 3.59. The second-order valence-electron chi connectivity index (χ2n) is 6.85. The number of rotatable bonds is 5. The van der Waals surface area contributed by atoms with Crippen LogP contribution in [0.5, 0.6) is 0 Å². The van der Waals surface area contributed by atoms with Crippen molar-refractivity contribution in [3.8, 4) is 0 Å². The zero-order chi connectivity index (χ0) is 17.9. The van der Waals surface area contributed by atoms with Gasteiger partial charge in [-0.15, -0.1) is 0 Å². The molecule has 1 aliphatic rings. The molecule has 134 valence electrons. The summed E-state index contributed by atoms with van der Waals surface area (Å²) >= 11 is 0. The van der Waals surface area contributed by atoms with Gasteiger partial charge in [0.05, 0.1) is 6.54 Å². The minimum Gasteiger partial charge on any atom is -0.337 e. The lowest BCUT2D eigenvalue weighted by Crippen LogP contribution is -2.24. The average molecular weight is 348 g/mol. The van der Waals surface area contributed by atoms with Gasteiger partial charge in [0, 0.05) is 37.4 Å². The van der Waals surface area contributed by atoms with Crippen LogP contribution in [-0.4, -0.2) is 31.0 Å². The van der Waals surface area contributed by atoms with E-state index in [0.29, 0.717) is 6.04 Å². The standard InChI is InChI=1S/C20H24N6/c1-15-5-3-7-18(23-15)24-19-13-16(8-9-21-19)17-6-4-11-26(17)14-20-22-10-12-25(20)2/h3,5,7-10,12-13,17H,4,6,11,14H2,1-2H3,(H,21,23,24)/t17-/m1/s1. The van der Waals surface area contributed by atoms with Crippen molar-refractivity contribution in [1.29, 1.82) is 0 Å². The third-order valence-corrected chi connectivity index (χ3v) is 4.94. The number of aryl methyl sites for hydroxylation is 2. The van der Waals surface area contributed by atoms with Gasteiger partial charge < -0.3 is 9.88 Å². The Morgan fingerprint density at radius 2 is 2.08 bits per heavy atom. The zero-order valence-electron chi connectivity index (χ0n) is 15.3. The summed E-state index contributed by atoms with van der Waals surface area (Å²) in [5.74, 6) is 2.77. The molecule has 1 aliphatic heterocycles. The highest BCUT2D eigenvalue weighted by atomic mass is 15.2. The Labute approximate surface area is 153 Å². The lowest BCUT2D eigenvalue weighted by atomic mass is 10.1. The van der Waals surface area contributed by atoms with Gasteiger partial charge in [0.25, 0.3) is 0 Å². The molecule has 0 aliphatic carbocycles. The third kappa shape index (κ3) is 3.60. The van der Waals surface area contributed by atoms with E-state index in [0.717, 1.165) is 42.7 Å². The molecular weight excluding hydrogens is 324 g/mol. The van der Waals surface area contributed by atoms with Gasteiger partial charge in [-0.1, -0.05) is 6.07 Å². The third-order valence-electron chi connectivity index (χ3n) is 4.94. The van der Waals surface area contributed by atoms with Crippen LogP contribution in [0, 0.1) is 6.92 Å². The van der Waals surface area contributed by atoms with Crippen LogP contribution in [0.25, 0.3) is 0 Å². The van der Waals surface area contributed by atoms with Crippen molar-refractivity contribution in [3.63, 3.8) is 0 Å². The van der Waals surface area contributed by atoms with E-state index in [9.17, 15) is 0 Å². The van der Waals surface area contributed by atoms with Crippen molar-refractivity contribution in [3.05, 3.63) is 66.0 Å². The maximum Gasteiger partial charge on any atom is 0.131 e. The Kier molecular flexibility index (Phi) is 4.67. The number of aromatic nitrogens is 4. The van der Waals surface area contributed by atoms with Gasteiger partial charge in [-0.25, -0.2) is 15.0 Å². The number of hydrogen-bond donors (Lipinski definition) is 1. The molecule has 1 fully saturated rings. The van der Waals surface area contributed by atoms with E-state index in [-0.39, 0.29) is 0 Å². The van der Waals surface area contributed by atoms with Crippen molar-refractivity contribution >= 4 is 11.6 Å². The summed E-state index contributed by atoms with van der Waals surface area (Å²) in [6, 6.07) is 10.6. The molecule has 3 aromatic rings. The van der Waals surface area contributed by atoms with Crippen molar-refractivity contribution < 1.29 is 0 Å². The van der Waals surface area contributed by atoms with Crippen LogP contribution >= 0.6 is 0 Å². The normalized spacial score (nSPS) is 17.5. The van der Waals surface area contributed by atoms with Crippen molar-refractivity contribution in [2.75, 3.05) is 11.9 Å². The number of pyridine rings is 2. The van der Waals surface area contributed by atoms with E-state index < -0.39 is 0 Å². The lowest BCUT2D eigenvalue weighted by molar-refractivity contribution is 0.240. The van der Waals surface area contributed by atoms with Crippen LogP contribution < -0.4 is 5.32 Å². The Hall–Kier alpha value is -2.73. The van der Waals surface area contributed by atoms with Gasteiger partial charge in [0.2, 0.25) is 0 Å². The number of anilines is 2. The average Bonchev–Trinajstić information content (AvgIpc) is 3.25. The molecule has 0 aromatic carbocycles. The molecule has 3 aromatic heterocycles. The minimum atomic E-state index is 0.403. The maximum atomic E-state index is 4.50. The summed E-state index contributed by atoms with van der Waals surface area (Å²) in [5, 5.41) is 3.32. The molecule has 0 spiro atoms. The molecule has 6 heteroatoms. The fourth-order valence-electron chi connectivity index (χ4n) is 3.59. The highest BCUT2D eigenvalue weighted by Gasteiger charge is 2.27. The first-order valence-electron chi connectivity index (χ1n) is 9.06. The van der Waals surface area contributed by atoms with Crippen LogP contribution in [0.2, 0.25) is 0 Å². The molecule has 6 nitrogen and oxygen atoms in total. The molecule has 1 saturated heterocycles. The maximum absolute atomic E-state index is 4.50. The second kappa shape index (κ2) is 7.25. The van der Waals surface area contributed by atoms with E-state index in [1.54, 1.807) is 0 Å². The number of nitrogens with one attached hydrogen (secondary N) is 1. The van der Waals surface area contributed by atoms with Crippen LogP contribution in [-0.2, 0) is 13.6 Å². The van der Waals surface area contributed by atoms with E-state index in [2.05, 4.69) is 48.9 Å². The minimum absolute atomic E-state index is 0.403. The van der Waals surface area contributed by atoms with Gasteiger partial charge in [-0.3, -0.25) is 4.90 Å². The first kappa shape index (κ1) is 16.7. The number of hydrogen-bond acceptors (Lipinski definition) is 5. The second-order valence-corrected chi connectivity index (χ2v) is 6.85. The molecule has 1 atom stereocenters. The topological polar surface area (TPSA) is 58.9 Å². The highest BCUT2D eigenvalue weighted by Crippen LogP contribution is 2.33. The van der Waals surface area contributed by atoms with Gasteiger partial charge >= 0.3 is 0 Å². The molecule has 0 bridgehead atoms. The van der Waals surface area contributed by atoms with Crippen LogP contribution in [0.3, 0.4) is 0 Å². The van der Waals surface area contributed by atoms with Gasteiger partial charge in [-0.2, -0.15) is 0 Å². The first-order chi connectivity index (χ1) is 12.7. The first-order valence-corrected chi connectivity index (χ1v) is 9.06. The number of imidazole rings is 1. The van der Waals surface area contributed by atoms with Gasteiger partial charge in [-0.05, 0) is 56.1 Å². The highest BCUT2D eigenvalue weighted by molar-refractivity contribution is 5.52. The molecule has 0 radical (unpaired) electrons. The smallest absolute Gasteiger partial charge is 0.131 e. The SMILES string of the molecule is Cc1cccc(Nc2cc([C@H]3CCCN3Cc3nccn3C)ccn2)n1. The van der Waals surface area contributed by atoms with Crippen molar-refractivity contribution in [1.82, 2.24) is 24.4 Å². The summed E-state index contributed by atoms with van der Waals surface area (Å²) < 4.78 is 2.10. The molecule has 4 rings (SSSR count). The largest absolute Gasteiger partial charge is 0.337 e. The number of nitrogens with zero attached hydrogens (tertiary/aromatic N) is 5. The summed E-state index contributed by atoms with van der Waals surface area (Å²) in [7, 11) is 2.05. The summed E-state index contributed by atoms with van der Waals surface area (Å²) in [5.41, 5.74) is 2.28. The molecule has 0 amide bonds.